The van der Waals surface area contributed by atoms with Crippen LogP contribution in [0.15, 0.2) is 121 Å². The third-order valence-electron chi connectivity index (χ3n) is 26.9. The van der Waals surface area contributed by atoms with Gasteiger partial charge in [-0.3, -0.25) is 0 Å². The molecule has 8 heteroatoms. The summed E-state index contributed by atoms with van der Waals surface area (Å²) in [6.45, 7) is 32.2. The molecule has 96 heavy (non-hydrogen) atoms. The molecule has 0 amide bonds. The van der Waals surface area contributed by atoms with Gasteiger partial charge in [0.2, 0.25) is 0 Å². The van der Waals surface area contributed by atoms with Gasteiger partial charge in [0.05, 0.1) is 24.2 Å². The van der Waals surface area contributed by atoms with Crippen molar-refractivity contribution in [3.8, 4) is 0 Å². The third-order valence-corrected chi connectivity index (χ3v) is 41.4. The van der Waals surface area contributed by atoms with Crippen LogP contribution in [0.5, 0.6) is 0 Å². The van der Waals surface area contributed by atoms with Gasteiger partial charge >= 0.3 is 56.6 Å². The molecule has 0 radical (unpaired) electrons. The summed E-state index contributed by atoms with van der Waals surface area (Å²) in [5, 5.41) is 0. The fourth-order valence-corrected chi connectivity index (χ4v) is 34.7. The summed E-state index contributed by atoms with van der Waals surface area (Å²) in [7, 11) is -5.47. The molecule has 0 N–H and O–H groups in total. The maximum atomic E-state index is 6.45. The van der Waals surface area contributed by atoms with Gasteiger partial charge in [-0.1, -0.05) is 380 Å². The van der Waals surface area contributed by atoms with Crippen LogP contribution < -0.4 is 56.6 Å². The van der Waals surface area contributed by atoms with Crippen molar-refractivity contribution < 1.29 is 56.6 Å². The van der Waals surface area contributed by atoms with Crippen LogP contribution in [0.2, 0.25) is 70.0 Å². The standard InChI is InChI=1S/C28H52Si.C28H36Si.C12H16Si.C11H13ClSi.C9H16.3Li/c2*1-5-7-12-21(6-2)19-23-20-28(26-16-11-10-14-24(23)26)29(3,4)27-18-17-22-13-8-9-15-25(22)27;1-13(2,3)12-9-8-10-6-4-5-7-11(10)12;1-13(2,12)11-8-7-9-5-3-4-6-10(9)11;1-2-5-9-7-3-6-8(9)4-1;;;/h21-28H,5-20H2,1-4H3;8-11,13-18,20-21,27-28H,5-7,12,19H2,1-4H3;4-9,12H,1-3H3;3-8,11H,1-2H3;8-9H,1-7H2;;;/q;;;;;3*+1. The van der Waals surface area contributed by atoms with Crippen LogP contribution in [-0.4, -0.2) is 31.6 Å². The SMILES string of the molecule is C1CCC2CCCC2C1.CCCCC(CC)CC1=CC([Si](C)(C)C2C=Cc3ccccc32)c2ccccc21.CCCCC(CC)CC1CC([Si](C)(C)C2CCC3CCCCC32)C2CCCCC12.C[Si](C)(C)C1C=Cc2ccccc21.C[Si](C)(Cl)C1C=Cc2ccccc21.[Li+].[Li+].[Li+]. The van der Waals surface area contributed by atoms with E-state index in [-0.39, 0.29) is 56.6 Å². The Hall–Kier alpha value is -1.21. The number of unbranched alkanes of at least 4 members (excludes halogenated alkanes) is 2. The quantitative estimate of drug-likeness (QED) is 0.0688. The van der Waals surface area contributed by atoms with E-state index in [0.29, 0.717) is 16.6 Å². The Kier molecular flexibility index (Phi) is 32.5. The number of rotatable bonds is 18. The molecule has 0 aromatic heterocycles. The predicted molar refractivity (Wildman–Crippen MR) is 424 cm³/mol. The van der Waals surface area contributed by atoms with Crippen molar-refractivity contribution in [1.29, 1.82) is 0 Å². The smallest absolute Gasteiger partial charge is 0.167 e. The van der Waals surface area contributed by atoms with E-state index in [1.54, 1.807) is 131 Å². The molecule has 0 bridgehead atoms. The molecule has 508 valence electrons. The number of allylic oxidation sites excluding steroid dienone is 5. The van der Waals surface area contributed by atoms with Crippen LogP contribution in [0, 0.1) is 53.3 Å². The van der Waals surface area contributed by atoms with Crippen LogP contribution in [0.1, 0.15) is 274 Å². The first-order valence-electron chi connectivity index (χ1n) is 39.6. The average Bonchev–Trinajstić information content (AvgIpc) is 1.60. The second-order valence-corrected chi connectivity index (χ2v) is 56.9. The molecule has 6 fully saturated rings. The fraction of sp³-hybridized carbons (Fsp3) is 0.636. The number of fused-ring (bicyclic) bond motifs is 7. The monoisotopic (exact) mass is 1360 g/mol. The molecule has 4 aromatic rings. The molecule has 10 aliphatic carbocycles. The van der Waals surface area contributed by atoms with Crippen LogP contribution in [-0.2, 0) is 0 Å². The van der Waals surface area contributed by atoms with Crippen LogP contribution >= 0.6 is 11.1 Å². The van der Waals surface area contributed by atoms with Crippen LogP contribution in [0.25, 0.3) is 23.8 Å². The molecule has 0 aliphatic heterocycles. The average molecular weight is 1360 g/mol. The Morgan fingerprint density at radius 2 is 0.865 bits per heavy atom. The Balaban J connectivity index is 0.000000179. The van der Waals surface area contributed by atoms with Crippen LogP contribution in [0.3, 0.4) is 0 Å². The molecular formula is C88H133ClLi3Si4+3. The van der Waals surface area contributed by atoms with Crippen molar-refractivity contribution in [2.24, 2.45) is 53.3 Å². The van der Waals surface area contributed by atoms with Crippen molar-refractivity contribution in [2.45, 2.75) is 300 Å². The fourth-order valence-electron chi connectivity index (χ4n) is 21.5. The molecule has 0 saturated heterocycles. The van der Waals surface area contributed by atoms with Crippen LogP contribution in [0.4, 0.5) is 0 Å². The summed E-state index contributed by atoms with van der Waals surface area (Å²) < 4.78 is 0. The van der Waals surface area contributed by atoms with Gasteiger partial charge in [0.1, 0.15) is 0 Å². The number of halogens is 1. The maximum Gasteiger partial charge on any atom is 1.00 e. The Morgan fingerprint density at radius 1 is 0.417 bits per heavy atom. The predicted octanol–water partition coefficient (Wildman–Crippen LogP) is 19.3. The second kappa shape index (κ2) is 38.0. The topological polar surface area (TPSA) is 0 Å². The van der Waals surface area contributed by atoms with Crippen molar-refractivity contribution >= 4 is 66.5 Å². The summed E-state index contributed by atoms with van der Waals surface area (Å²) in [4.78, 5) is 0. The first-order chi connectivity index (χ1) is 44.8. The molecule has 15 atom stereocenters. The Labute approximate surface area is 636 Å². The van der Waals surface area contributed by atoms with E-state index in [4.69, 9.17) is 11.1 Å². The largest absolute Gasteiger partial charge is 1.00 e. The van der Waals surface area contributed by atoms with E-state index < -0.39 is 31.6 Å². The van der Waals surface area contributed by atoms with Crippen molar-refractivity contribution in [3.63, 3.8) is 0 Å². The van der Waals surface area contributed by atoms with Gasteiger partial charge in [-0.2, -0.15) is 11.1 Å². The summed E-state index contributed by atoms with van der Waals surface area (Å²) in [6.07, 6.45) is 59.0. The van der Waals surface area contributed by atoms with Gasteiger partial charge in [-0.05, 0) is 157 Å². The zero-order valence-electron chi connectivity index (χ0n) is 64.6. The van der Waals surface area contributed by atoms with E-state index in [1.165, 1.54) is 122 Å². The zero-order valence-corrected chi connectivity index (χ0v) is 69.4. The summed E-state index contributed by atoms with van der Waals surface area (Å²) in [5.74, 6) is 9.84. The van der Waals surface area contributed by atoms with Gasteiger partial charge in [-0.15, -0.1) is 0 Å². The molecule has 10 aliphatic rings. The molecule has 0 nitrogen and oxygen atoms in total. The third kappa shape index (κ3) is 20.0. The zero-order chi connectivity index (χ0) is 65.9. The summed E-state index contributed by atoms with van der Waals surface area (Å²) >= 11 is 6.45. The van der Waals surface area contributed by atoms with Gasteiger partial charge in [0.25, 0.3) is 0 Å². The van der Waals surface area contributed by atoms with Gasteiger partial charge in [-0.25, -0.2) is 0 Å². The van der Waals surface area contributed by atoms with E-state index >= 15 is 0 Å². The maximum absolute atomic E-state index is 6.45. The van der Waals surface area contributed by atoms with E-state index in [0.717, 1.165) is 47.0 Å². The Bertz CT molecular complexity index is 3040. The summed E-state index contributed by atoms with van der Waals surface area (Å²) in [5.41, 5.74) is 18.3. The normalized spacial score (nSPS) is 28.3. The first kappa shape index (κ1) is 82.1. The summed E-state index contributed by atoms with van der Waals surface area (Å²) in [6, 6.07) is 35.6. The van der Waals surface area contributed by atoms with E-state index in [2.05, 4.69) is 226 Å². The van der Waals surface area contributed by atoms with E-state index in [1.807, 2.05) is 0 Å². The first-order valence-corrected chi connectivity index (χ1v) is 53.5. The van der Waals surface area contributed by atoms with Crippen molar-refractivity contribution in [1.82, 2.24) is 0 Å². The molecule has 4 aromatic carbocycles. The minimum Gasteiger partial charge on any atom is -0.167 e. The molecule has 15 unspecified atom stereocenters. The molecule has 14 rings (SSSR count). The molecule has 0 heterocycles. The second-order valence-electron chi connectivity index (χ2n) is 34.8. The van der Waals surface area contributed by atoms with E-state index in [9.17, 15) is 0 Å². The molecular weight excluding hydrogens is 1230 g/mol. The number of hydrogen-bond acceptors (Lipinski definition) is 0. The van der Waals surface area contributed by atoms with Gasteiger partial charge in [0, 0.05) is 5.54 Å². The number of hydrogen-bond donors (Lipinski definition) is 0. The van der Waals surface area contributed by atoms with Crippen molar-refractivity contribution in [3.05, 3.63) is 166 Å². The minimum atomic E-state index is -1.63. The van der Waals surface area contributed by atoms with Crippen molar-refractivity contribution in [2.75, 3.05) is 0 Å². The number of benzene rings is 4. The van der Waals surface area contributed by atoms with Gasteiger partial charge < -0.3 is 0 Å². The molecule has 6 saturated carbocycles. The Morgan fingerprint density at radius 3 is 1.41 bits per heavy atom. The molecule has 0 spiro atoms. The minimum absolute atomic E-state index is 0. The van der Waals surface area contributed by atoms with Gasteiger partial charge in [0.15, 0.2) is 7.38 Å².